The van der Waals surface area contributed by atoms with Crippen LogP contribution in [0.25, 0.3) is 0 Å². The Labute approximate surface area is 245 Å². The fourth-order valence-corrected chi connectivity index (χ4v) is 7.17. The number of anilines is 1. The van der Waals surface area contributed by atoms with Crippen LogP contribution in [0.2, 0.25) is 5.02 Å². The Morgan fingerprint density at radius 3 is 2.70 bits per heavy atom. The van der Waals surface area contributed by atoms with Crippen molar-refractivity contribution in [3.8, 4) is 5.75 Å². The molecule has 4 heterocycles. The summed E-state index contributed by atoms with van der Waals surface area (Å²) in [5.41, 5.74) is 4.90. The van der Waals surface area contributed by atoms with Gasteiger partial charge in [0, 0.05) is 29.0 Å². The monoisotopic (exact) mass is 585 g/mol. The summed E-state index contributed by atoms with van der Waals surface area (Å²) in [5.74, 6) is 1.08. The molecule has 1 unspecified atom stereocenters. The average Bonchev–Trinajstić information content (AvgIpc) is 3.16. The minimum atomic E-state index is -0.803. The number of fused-ring (bicyclic) bond motifs is 2. The zero-order chi connectivity index (χ0) is 28.1. The molecule has 2 bridgehead atoms. The van der Waals surface area contributed by atoms with E-state index >= 15 is 0 Å². The summed E-state index contributed by atoms with van der Waals surface area (Å²) in [4.78, 5) is 12.1. The number of nitrogens with one attached hydrogen (secondary N) is 2. The standard InChI is InChI=1S/C30H36ClN3O5S/c1-17-8-13-23-18(2)26(36-27-30(23)22(17)14-15-29(4,37-27)38-39-30)35-21-11-9-20(10-12-21)16-32-34-28(40)33-25-7-5-6-24(31)19(25)3/h5-7,9-12,16-18,22-23,26-27H,8,13-15H2,1-4H3,(H2,33,34,40)/b32-16+/t17-,18-,22+,23+,26+,27?,29+,30-/m1/s1. The zero-order valence-electron chi connectivity index (χ0n) is 23.2. The van der Waals surface area contributed by atoms with Gasteiger partial charge in [-0.05, 0) is 105 Å². The molecule has 0 radical (unpaired) electrons. The molecule has 214 valence electrons. The van der Waals surface area contributed by atoms with Crippen molar-refractivity contribution in [2.24, 2.45) is 28.8 Å². The smallest absolute Gasteiger partial charge is 0.205 e. The van der Waals surface area contributed by atoms with E-state index in [2.05, 4.69) is 29.7 Å². The molecule has 40 heavy (non-hydrogen) atoms. The molecule has 4 aliphatic heterocycles. The summed E-state index contributed by atoms with van der Waals surface area (Å²) in [6, 6.07) is 13.3. The first-order valence-corrected chi connectivity index (χ1v) is 14.8. The van der Waals surface area contributed by atoms with Crippen LogP contribution in [0, 0.1) is 30.6 Å². The van der Waals surface area contributed by atoms with E-state index in [4.69, 9.17) is 47.8 Å². The molecule has 8 nitrogen and oxygen atoms in total. The molecule has 2 N–H and O–H groups in total. The molecule has 0 aromatic heterocycles. The summed E-state index contributed by atoms with van der Waals surface area (Å²) in [6.07, 6.45) is 4.68. The number of thiocarbonyl (C=S) groups is 1. The van der Waals surface area contributed by atoms with Crippen LogP contribution in [0.3, 0.4) is 0 Å². The van der Waals surface area contributed by atoms with E-state index in [1.54, 1.807) is 6.21 Å². The second-order valence-corrected chi connectivity index (χ2v) is 12.5. The molecule has 0 amide bonds. The van der Waals surface area contributed by atoms with Crippen LogP contribution in [-0.2, 0) is 19.2 Å². The van der Waals surface area contributed by atoms with Crippen LogP contribution in [0.15, 0.2) is 47.6 Å². The lowest BCUT2D eigenvalue weighted by Crippen LogP contribution is -2.70. The summed E-state index contributed by atoms with van der Waals surface area (Å²) in [5, 5.41) is 8.41. The van der Waals surface area contributed by atoms with E-state index in [0.717, 1.165) is 48.2 Å². The van der Waals surface area contributed by atoms with Crippen LogP contribution in [0.4, 0.5) is 5.69 Å². The first-order valence-electron chi connectivity index (χ1n) is 14.0. The summed E-state index contributed by atoms with van der Waals surface area (Å²) in [7, 11) is 0. The first-order chi connectivity index (χ1) is 19.2. The van der Waals surface area contributed by atoms with Gasteiger partial charge in [0.15, 0.2) is 17.0 Å². The Kier molecular flexibility index (Phi) is 7.56. The lowest BCUT2D eigenvalue weighted by molar-refractivity contribution is -0.575. The lowest BCUT2D eigenvalue weighted by atomic mass is 9.58. The predicted octanol–water partition coefficient (Wildman–Crippen LogP) is 6.56. The molecule has 7 rings (SSSR count). The molecule has 1 saturated carbocycles. The summed E-state index contributed by atoms with van der Waals surface area (Å²) >= 11 is 11.5. The van der Waals surface area contributed by atoms with Crippen LogP contribution in [0.5, 0.6) is 5.75 Å². The van der Waals surface area contributed by atoms with Crippen LogP contribution < -0.4 is 15.5 Å². The minimum Gasteiger partial charge on any atom is -0.465 e. The van der Waals surface area contributed by atoms with Gasteiger partial charge in [-0.1, -0.05) is 31.5 Å². The van der Waals surface area contributed by atoms with Gasteiger partial charge in [0.25, 0.3) is 0 Å². The van der Waals surface area contributed by atoms with E-state index in [-0.39, 0.29) is 11.8 Å². The van der Waals surface area contributed by atoms with Gasteiger partial charge in [-0.2, -0.15) is 5.10 Å². The van der Waals surface area contributed by atoms with Crippen molar-refractivity contribution in [1.29, 1.82) is 0 Å². The topological polar surface area (TPSA) is 82.6 Å². The fraction of sp³-hybridized carbons (Fsp3) is 0.533. The molecular formula is C30H36ClN3O5S. The van der Waals surface area contributed by atoms with Crippen molar-refractivity contribution in [3.05, 3.63) is 58.6 Å². The molecule has 1 aliphatic carbocycles. The molecule has 1 spiro atoms. The van der Waals surface area contributed by atoms with Gasteiger partial charge in [-0.25, -0.2) is 9.78 Å². The summed E-state index contributed by atoms with van der Waals surface area (Å²) < 4.78 is 19.4. The van der Waals surface area contributed by atoms with Gasteiger partial charge in [0.2, 0.25) is 12.1 Å². The third-order valence-electron chi connectivity index (χ3n) is 9.13. The number of rotatable bonds is 5. The van der Waals surface area contributed by atoms with Crippen LogP contribution >= 0.6 is 23.8 Å². The molecular weight excluding hydrogens is 550 g/mol. The molecule has 8 atom stereocenters. The molecule has 5 aliphatic rings. The van der Waals surface area contributed by atoms with Gasteiger partial charge in [0.1, 0.15) is 5.75 Å². The van der Waals surface area contributed by atoms with E-state index < -0.39 is 24.0 Å². The first kappa shape index (κ1) is 27.9. The number of halogens is 1. The van der Waals surface area contributed by atoms with Crippen LogP contribution in [-0.4, -0.2) is 35.3 Å². The van der Waals surface area contributed by atoms with Crippen molar-refractivity contribution in [3.63, 3.8) is 0 Å². The van der Waals surface area contributed by atoms with Crippen molar-refractivity contribution < 1.29 is 24.0 Å². The maximum Gasteiger partial charge on any atom is 0.205 e. The Bertz CT molecular complexity index is 1290. The maximum atomic E-state index is 6.53. The fourth-order valence-electron chi connectivity index (χ4n) is 6.83. The number of hydrogen-bond acceptors (Lipinski definition) is 7. The third kappa shape index (κ3) is 5.01. The largest absolute Gasteiger partial charge is 0.465 e. The average molecular weight is 586 g/mol. The van der Waals surface area contributed by atoms with E-state index in [1.807, 2.05) is 56.3 Å². The Hall–Kier alpha value is -2.27. The molecule has 2 aromatic rings. The minimum absolute atomic E-state index is 0.1000. The SMILES string of the molecule is Cc1c(Cl)cccc1NC(=S)N/N=C/c1ccc(O[C@H]2OC3O[C@]4(C)CC[C@H]5[C@H](C)CC[C@@H]([C@H]2C)[C@@]35OO4)cc1. The molecule has 5 fully saturated rings. The highest BCUT2D eigenvalue weighted by atomic mass is 35.5. The van der Waals surface area contributed by atoms with Gasteiger partial charge >= 0.3 is 0 Å². The second-order valence-electron chi connectivity index (χ2n) is 11.7. The molecule has 2 aromatic carbocycles. The highest BCUT2D eigenvalue weighted by molar-refractivity contribution is 7.80. The molecule has 4 saturated heterocycles. The summed E-state index contributed by atoms with van der Waals surface area (Å²) in [6.45, 7) is 8.36. The highest BCUT2D eigenvalue weighted by Crippen LogP contribution is 2.60. The number of benzene rings is 2. The second kappa shape index (κ2) is 10.9. The van der Waals surface area contributed by atoms with Gasteiger partial charge in [-0.3, -0.25) is 5.43 Å². The van der Waals surface area contributed by atoms with Crippen molar-refractivity contribution in [2.45, 2.75) is 77.3 Å². The number of ether oxygens (including phenoxy) is 3. The van der Waals surface area contributed by atoms with Gasteiger partial charge < -0.3 is 19.5 Å². The Morgan fingerprint density at radius 2 is 1.90 bits per heavy atom. The van der Waals surface area contributed by atoms with E-state index in [1.165, 1.54) is 0 Å². The number of nitrogens with zero attached hydrogens (tertiary/aromatic N) is 1. The van der Waals surface area contributed by atoms with E-state index in [0.29, 0.717) is 22.0 Å². The Balaban J connectivity index is 1.09. The predicted molar refractivity (Wildman–Crippen MR) is 157 cm³/mol. The zero-order valence-corrected chi connectivity index (χ0v) is 24.8. The quantitative estimate of drug-likeness (QED) is 0.177. The van der Waals surface area contributed by atoms with Crippen molar-refractivity contribution in [1.82, 2.24) is 5.43 Å². The van der Waals surface area contributed by atoms with Gasteiger partial charge in [-0.15, -0.1) is 0 Å². The van der Waals surface area contributed by atoms with Gasteiger partial charge in [0.05, 0.1) is 6.21 Å². The number of hydrazone groups is 1. The normalized spacial score (nSPS) is 36.5. The maximum absolute atomic E-state index is 6.53. The number of hydrogen-bond donors (Lipinski definition) is 2. The highest BCUT2D eigenvalue weighted by Gasteiger charge is 2.69. The van der Waals surface area contributed by atoms with Crippen molar-refractivity contribution >= 4 is 40.8 Å². The Morgan fingerprint density at radius 1 is 1.10 bits per heavy atom. The lowest BCUT2D eigenvalue weighted by Gasteiger charge is -2.60. The third-order valence-corrected chi connectivity index (χ3v) is 9.73. The molecule has 10 heteroatoms. The van der Waals surface area contributed by atoms with Crippen molar-refractivity contribution in [2.75, 3.05) is 5.32 Å². The van der Waals surface area contributed by atoms with Crippen LogP contribution in [0.1, 0.15) is 57.6 Å². The van der Waals surface area contributed by atoms with E-state index in [9.17, 15) is 0 Å².